The second-order valence-corrected chi connectivity index (χ2v) is 28.8. The molecular weight excluding hydrogens is 1480 g/mol. The van der Waals surface area contributed by atoms with Crippen molar-refractivity contribution in [3.05, 3.63) is 249 Å². The van der Waals surface area contributed by atoms with Gasteiger partial charge in [-0.3, -0.25) is 43.5 Å². The van der Waals surface area contributed by atoms with Crippen molar-refractivity contribution in [2.75, 3.05) is 23.8 Å². The summed E-state index contributed by atoms with van der Waals surface area (Å²) in [6.07, 6.45) is 7.10. The minimum atomic E-state index is -1.34. The summed E-state index contributed by atoms with van der Waals surface area (Å²) < 4.78 is 39.3. The highest BCUT2D eigenvalue weighted by Gasteiger charge is 2.39. The Labute approximate surface area is 666 Å². The van der Waals surface area contributed by atoms with Crippen LogP contribution in [0.3, 0.4) is 0 Å². The van der Waals surface area contributed by atoms with E-state index in [-0.39, 0.29) is 92.5 Å². The first-order chi connectivity index (χ1) is 54.2. The first-order valence-electron chi connectivity index (χ1n) is 37.3. The van der Waals surface area contributed by atoms with Crippen LogP contribution in [0, 0.1) is 0 Å². The number of hydrogen-bond acceptors (Lipinski definition) is 19. The number of aromatic nitrogens is 8. The fraction of sp³-hybridized carbons (Fsp3) is 0.333. The van der Waals surface area contributed by atoms with Gasteiger partial charge in [-0.05, 0) is 139 Å². The van der Waals surface area contributed by atoms with Gasteiger partial charge < -0.3 is 44.6 Å². The topological polar surface area (TPSA) is 352 Å². The number of halogens is 1. The number of imidazole rings is 2. The Morgan fingerprint density at radius 1 is 0.544 bits per heavy atom. The van der Waals surface area contributed by atoms with Crippen LogP contribution in [0.4, 0.5) is 30.6 Å². The van der Waals surface area contributed by atoms with Crippen molar-refractivity contribution in [2.45, 2.75) is 171 Å². The summed E-state index contributed by atoms with van der Waals surface area (Å²) in [5, 5.41) is 18.7. The SMILES string of the molecule is CCCCOc1ccc(-n2c(C(=O)NCc3ccccc3-c3ccncn3)c3n(c2=O)CC(C)N(C(=O)OC(C)(C)C)C3)cc1NC(=O)OCc1ccccc1.CCCCOc1ccc(-n2c(C(=O)O)c3n(c2=O)CC(C)N(C(=O)OC(C)(C)C)C3)cc1NC(=O)OCc1ccccc1.Cl.NCc1ccccc1-c1ccncn1. The van der Waals surface area contributed by atoms with Crippen LogP contribution in [0.2, 0.25) is 0 Å². The second-order valence-electron chi connectivity index (χ2n) is 28.8. The van der Waals surface area contributed by atoms with Gasteiger partial charge in [0.05, 0.1) is 83.9 Å². The van der Waals surface area contributed by atoms with Crippen molar-refractivity contribution < 1.29 is 62.3 Å². The highest BCUT2D eigenvalue weighted by Crippen LogP contribution is 2.34. The Bertz CT molecular complexity index is 5080. The minimum Gasteiger partial charge on any atom is -0.491 e. The minimum absolute atomic E-state index is 0. The number of nitrogens with zero attached hydrogens (tertiary/aromatic N) is 10. The zero-order valence-electron chi connectivity index (χ0n) is 65.5. The van der Waals surface area contributed by atoms with Crippen LogP contribution in [-0.4, -0.2) is 126 Å². The third-order valence-electron chi connectivity index (χ3n) is 18.0. The maximum absolute atomic E-state index is 14.5. The van der Waals surface area contributed by atoms with Crippen molar-refractivity contribution in [2.24, 2.45) is 5.73 Å². The molecule has 29 nitrogen and oxygen atoms in total. The van der Waals surface area contributed by atoms with Crippen molar-refractivity contribution in [1.29, 1.82) is 0 Å². The molecule has 0 saturated carbocycles. The highest BCUT2D eigenvalue weighted by molar-refractivity contribution is 5.95. The van der Waals surface area contributed by atoms with Gasteiger partial charge in [-0.15, -0.1) is 12.4 Å². The molecule has 6 aromatic carbocycles. The number of benzene rings is 6. The van der Waals surface area contributed by atoms with E-state index < -0.39 is 70.9 Å². The summed E-state index contributed by atoms with van der Waals surface area (Å²) >= 11 is 0. The van der Waals surface area contributed by atoms with Crippen LogP contribution in [-0.2, 0) is 71.4 Å². The van der Waals surface area contributed by atoms with Crippen molar-refractivity contribution in [3.8, 4) is 45.4 Å². The zero-order chi connectivity index (χ0) is 80.9. The number of anilines is 2. The van der Waals surface area contributed by atoms with Gasteiger partial charge >= 0.3 is 41.7 Å². The molecule has 0 spiro atoms. The molecule has 4 aromatic heterocycles. The number of rotatable bonds is 23. The molecule has 10 aromatic rings. The standard InChI is InChI=1S/C42H47N7O7.C31H38N4O8.C11H11N3.ClH/c1-6-7-21-54-36-18-17-31(22-34(36)46-39(51)55-26-29-13-9-8-10-14-29)49-37(35-25-47(41(53)56-42(3,4)5)28(2)24-48(35)40(49)52)38(50)44-23-30-15-11-12-16-32(30)33-19-20-43-27-45-33;1-6-7-15-41-25-14-13-22(16-23(25)32-28(38)42-19-21-11-9-8-10-12-21)35-26(27(36)37)24-18-33(30(40)43-31(3,4)5)20(2)17-34(24)29(35)39;12-7-9-3-1-2-4-10(9)11-5-6-13-8-14-11;/h8-20,22,27-28H,6-7,21,23-26H2,1-5H3,(H,44,50)(H,46,51);8-14,16,20H,6-7,15,17-19H2,1-5H3,(H,32,38)(H,36,37);1-6,8H,7,12H2;1H. The summed E-state index contributed by atoms with van der Waals surface area (Å²) in [5.74, 6) is -1.18. The molecule has 2 aliphatic heterocycles. The first kappa shape index (κ1) is 85.4. The average molecular weight is 1580 g/mol. The number of nitrogens with two attached hydrogens (primary N) is 1. The van der Waals surface area contributed by atoms with Crippen LogP contribution < -0.4 is 42.5 Å². The van der Waals surface area contributed by atoms with Crippen LogP contribution in [0.5, 0.6) is 11.5 Å². The van der Waals surface area contributed by atoms with Gasteiger partial charge in [0.1, 0.15) is 54.3 Å². The molecule has 0 aliphatic carbocycles. The second kappa shape index (κ2) is 39.5. The fourth-order valence-corrected chi connectivity index (χ4v) is 12.5. The lowest BCUT2D eigenvalue weighted by molar-refractivity contribution is 0.00852. The largest absolute Gasteiger partial charge is 0.491 e. The average Bonchev–Trinajstić information content (AvgIpc) is 1.60. The monoisotopic (exact) mass is 1580 g/mol. The van der Waals surface area contributed by atoms with Gasteiger partial charge in [-0.2, -0.15) is 0 Å². The summed E-state index contributed by atoms with van der Waals surface area (Å²) in [5.41, 5.74) is 11.3. The smallest absolute Gasteiger partial charge is 0.412 e. The lowest BCUT2D eigenvalue weighted by Gasteiger charge is -2.35. The highest BCUT2D eigenvalue weighted by atomic mass is 35.5. The first-order valence-corrected chi connectivity index (χ1v) is 37.3. The van der Waals surface area contributed by atoms with Gasteiger partial charge in [0.15, 0.2) is 5.69 Å². The summed E-state index contributed by atoms with van der Waals surface area (Å²) in [6, 6.07) is 46.3. The lowest BCUT2D eigenvalue weighted by Crippen LogP contribution is -2.48. The third-order valence-corrected chi connectivity index (χ3v) is 18.0. The number of carboxylic acid groups (broad SMARTS) is 1. The molecule has 2 aliphatic rings. The van der Waals surface area contributed by atoms with Crippen molar-refractivity contribution in [1.82, 2.24) is 53.3 Å². The number of unbranched alkanes of at least 4 members (excludes halogenated alkanes) is 2. The fourth-order valence-electron chi connectivity index (χ4n) is 12.5. The van der Waals surface area contributed by atoms with Gasteiger partial charge in [-0.1, -0.05) is 136 Å². The molecule has 30 heteroatoms. The third kappa shape index (κ3) is 22.1. The molecule has 6 N–H and O–H groups in total. The number of carboxylic acids is 1. The predicted octanol–water partition coefficient (Wildman–Crippen LogP) is 14.5. The number of ether oxygens (including phenoxy) is 6. The van der Waals surface area contributed by atoms with Gasteiger partial charge in [0.25, 0.3) is 5.91 Å². The Morgan fingerprint density at radius 2 is 0.956 bits per heavy atom. The number of amides is 5. The zero-order valence-corrected chi connectivity index (χ0v) is 66.3. The number of hydrogen-bond donors (Lipinski definition) is 5. The molecule has 0 radical (unpaired) electrons. The van der Waals surface area contributed by atoms with E-state index in [1.54, 1.807) is 104 Å². The molecule has 5 amide bonds. The number of fused-ring (bicyclic) bond motifs is 2. The molecule has 0 fully saturated rings. The molecule has 114 heavy (non-hydrogen) atoms. The molecule has 12 rings (SSSR count). The Morgan fingerprint density at radius 3 is 1.37 bits per heavy atom. The van der Waals surface area contributed by atoms with E-state index in [1.165, 1.54) is 35.9 Å². The number of carbonyl (C=O) groups is 6. The van der Waals surface area contributed by atoms with Crippen molar-refractivity contribution >= 4 is 60.0 Å². The molecule has 2 unspecified atom stereocenters. The molecule has 600 valence electrons. The maximum Gasteiger partial charge on any atom is 0.412 e. The summed E-state index contributed by atoms with van der Waals surface area (Å²) in [4.78, 5) is 127. The predicted molar refractivity (Wildman–Crippen MR) is 432 cm³/mol. The normalized spacial score (nSPS) is 13.5. The number of nitrogens with one attached hydrogen (secondary N) is 3. The van der Waals surface area contributed by atoms with Gasteiger partial charge in [0.2, 0.25) is 0 Å². The molecule has 0 bridgehead atoms. The van der Waals surface area contributed by atoms with E-state index in [2.05, 4.69) is 35.9 Å². The van der Waals surface area contributed by atoms with E-state index in [1.807, 2.05) is 136 Å². The number of aromatic carboxylic acids is 1. The van der Waals surface area contributed by atoms with E-state index >= 15 is 0 Å². The van der Waals surface area contributed by atoms with Gasteiger partial charge in [-0.25, -0.2) is 53.5 Å². The Kier molecular flexibility index (Phi) is 29.6. The molecule has 0 saturated heterocycles. The summed E-state index contributed by atoms with van der Waals surface area (Å²) in [6.45, 7) is 19.7. The molecule has 2 atom stereocenters. The van der Waals surface area contributed by atoms with Crippen LogP contribution in [0.1, 0.15) is 150 Å². The van der Waals surface area contributed by atoms with Gasteiger partial charge in [0, 0.05) is 49.7 Å². The van der Waals surface area contributed by atoms with Crippen LogP contribution in [0.25, 0.3) is 33.9 Å². The maximum atomic E-state index is 14.5. The van der Waals surface area contributed by atoms with E-state index in [0.717, 1.165) is 69.3 Å². The molecule has 6 heterocycles. The Balaban J connectivity index is 0.000000226. The Hall–Kier alpha value is -12.6. The number of carbonyl (C=O) groups excluding carboxylic acids is 5. The van der Waals surface area contributed by atoms with Crippen molar-refractivity contribution in [3.63, 3.8) is 0 Å². The van der Waals surface area contributed by atoms with E-state index in [9.17, 15) is 43.5 Å². The quantitative estimate of drug-likeness (QED) is 0.0293. The van der Waals surface area contributed by atoms with E-state index in [4.69, 9.17) is 34.2 Å². The summed E-state index contributed by atoms with van der Waals surface area (Å²) in [7, 11) is 0. The van der Waals surface area contributed by atoms with Crippen LogP contribution >= 0.6 is 12.4 Å². The lowest BCUT2D eigenvalue weighted by atomic mass is 10.0. The molecular formula is C84H97ClN14O15. The van der Waals surface area contributed by atoms with Crippen LogP contribution in [0.15, 0.2) is 192 Å². The van der Waals surface area contributed by atoms with E-state index in [0.29, 0.717) is 48.3 Å².